The maximum absolute atomic E-state index is 11.5. The molecule has 0 heterocycles. The second-order valence-electron chi connectivity index (χ2n) is 6.76. The van der Waals surface area contributed by atoms with Crippen molar-refractivity contribution in [2.45, 2.75) is 32.8 Å². The summed E-state index contributed by atoms with van der Waals surface area (Å²) in [6.45, 7) is 6.76. The van der Waals surface area contributed by atoms with Gasteiger partial charge in [-0.2, -0.15) is 0 Å². The highest BCUT2D eigenvalue weighted by atomic mass is 79.9. The second kappa shape index (κ2) is 12.0. The lowest BCUT2D eigenvalue weighted by Gasteiger charge is -2.19. The Morgan fingerprint density at radius 1 is 1.11 bits per heavy atom. The maximum Gasteiger partial charge on any atom is 0.308 e. The molecule has 1 rings (SSSR count). The number of ether oxygens (including phenoxy) is 4. The molecule has 9 nitrogen and oxygen atoms in total. The molecule has 4 N–H and O–H groups in total. The summed E-state index contributed by atoms with van der Waals surface area (Å²) in [7, 11) is 0. The van der Waals surface area contributed by atoms with Crippen molar-refractivity contribution in [2.75, 3.05) is 33.0 Å². The van der Waals surface area contributed by atoms with Crippen LogP contribution in [0.3, 0.4) is 0 Å². The van der Waals surface area contributed by atoms with Crippen LogP contribution in [0.25, 0.3) is 0 Å². The molecule has 0 aliphatic heterocycles. The van der Waals surface area contributed by atoms with E-state index < -0.39 is 11.5 Å². The molecule has 28 heavy (non-hydrogen) atoms. The average molecular weight is 463 g/mol. The number of benzene rings is 1. The molecule has 0 spiro atoms. The molecule has 1 amide bonds. The fraction of sp³-hybridized carbons (Fsp3) is 0.556. The summed E-state index contributed by atoms with van der Waals surface area (Å²) in [5.74, 6) is -0.685. The molecule has 10 heteroatoms. The van der Waals surface area contributed by atoms with Gasteiger partial charge in [0.15, 0.2) is 11.4 Å². The molecular formula is C18H27BrN2O7. The zero-order chi connectivity index (χ0) is 21.2. The number of halogens is 1. The molecular weight excluding hydrogens is 436 g/mol. The van der Waals surface area contributed by atoms with E-state index >= 15 is 0 Å². The number of hydrogen-bond acceptors (Lipinski definition) is 7. The molecule has 0 fully saturated rings. The lowest BCUT2D eigenvalue weighted by atomic mass is 10.2. The molecule has 0 unspecified atom stereocenters. The molecule has 0 bridgehead atoms. The van der Waals surface area contributed by atoms with Crippen molar-refractivity contribution in [1.82, 2.24) is 0 Å². The molecule has 0 atom stereocenters. The van der Waals surface area contributed by atoms with Crippen molar-refractivity contribution in [2.24, 2.45) is 5.73 Å². The van der Waals surface area contributed by atoms with Crippen LogP contribution in [0.2, 0.25) is 0 Å². The van der Waals surface area contributed by atoms with Gasteiger partial charge in [0.05, 0.1) is 37.3 Å². The summed E-state index contributed by atoms with van der Waals surface area (Å²) in [6, 6.07) is 2.88. The summed E-state index contributed by atoms with van der Waals surface area (Å²) in [5.41, 5.74) is 5.90. The van der Waals surface area contributed by atoms with E-state index in [1.165, 1.54) is 12.1 Å². The minimum Gasteiger partial charge on any atom is -0.630 e. The van der Waals surface area contributed by atoms with Crippen molar-refractivity contribution < 1.29 is 34.0 Å². The van der Waals surface area contributed by atoms with Gasteiger partial charge in [0, 0.05) is 5.56 Å². The van der Waals surface area contributed by atoms with Crippen LogP contribution in [0.1, 0.15) is 37.6 Å². The minimum atomic E-state index is -0.622. The third-order valence-corrected chi connectivity index (χ3v) is 3.88. The van der Waals surface area contributed by atoms with Crippen LogP contribution in [0.4, 0.5) is 5.69 Å². The number of esters is 1. The third kappa shape index (κ3) is 9.47. The van der Waals surface area contributed by atoms with Gasteiger partial charge < -0.3 is 35.4 Å². The van der Waals surface area contributed by atoms with Crippen LogP contribution in [-0.2, 0) is 19.0 Å². The third-order valence-electron chi connectivity index (χ3n) is 3.22. The molecule has 158 valence electrons. The average Bonchev–Trinajstić information content (AvgIpc) is 2.58. The summed E-state index contributed by atoms with van der Waals surface area (Å²) in [6.07, 6.45) is 0.180. The van der Waals surface area contributed by atoms with E-state index in [2.05, 4.69) is 15.9 Å². The monoisotopic (exact) mass is 462 g/mol. The first-order chi connectivity index (χ1) is 13.1. The van der Waals surface area contributed by atoms with Crippen LogP contribution in [0.5, 0.6) is 5.75 Å². The molecule has 1 aromatic carbocycles. The Labute approximate surface area is 172 Å². The maximum atomic E-state index is 11.5. The SMILES string of the molecule is CC(C)(C)OC(=O)CCOCCOCCOc1cc(C(N)=O)cc(Br)c1[NH2+][O-]. The summed E-state index contributed by atoms with van der Waals surface area (Å²) in [4.78, 5) is 22.8. The highest BCUT2D eigenvalue weighted by Gasteiger charge is 2.16. The first-order valence-electron chi connectivity index (χ1n) is 8.72. The van der Waals surface area contributed by atoms with Crippen LogP contribution in [0.15, 0.2) is 16.6 Å². The second-order valence-corrected chi connectivity index (χ2v) is 7.62. The molecule has 0 saturated carbocycles. The van der Waals surface area contributed by atoms with Crippen LogP contribution in [-0.4, -0.2) is 50.5 Å². The van der Waals surface area contributed by atoms with E-state index in [1.54, 1.807) is 0 Å². The molecule has 0 aliphatic rings. The van der Waals surface area contributed by atoms with E-state index in [1.807, 2.05) is 20.8 Å². The van der Waals surface area contributed by atoms with Crippen molar-refractivity contribution in [3.05, 3.63) is 27.4 Å². The van der Waals surface area contributed by atoms with Gasteiger partial charge in [-0.25, -0.2) is 0 Å². The molecule has 0 saturated heterocycles. The van der Waals surface area contributed by atoms with E-state index in [-0.39, 0.29) is 49.2 Å². The van der Waals surface area contributed by atoms with Gasteiger partial charge in [-0.05, 0) is 48.8 Å². The van der Waals surface area contributed by atoms with E-state index in [0.29, 0.717) is 23.2 Å². The molecule has 0 aromatic heterocycles. The number of carbonyl (C=O) groups excluding carboxylic acids is 2. The largest absolute Gasteiger partial charge is 0.630 e. The Kier molecular flexibility index (Phi) is 10.4. The first kappa shape index (κ1) is 24.3. The summed E-state index contributed by atoms with van der Waals surface area (Å²) >= 11 is 3.21. The van der Waals surface area contributed by atoms with Gasteiger partial charge in [-0.3, -0.25) is 9.59 Å². The Hall–Kier alpha value is -1.72. The molecule has 0 radical (unpaired) electrons. The number of carbonyl (C=O) groups is 2. The molecule has 1 aromatic rings. The fourth-order valence-electron chi connectivity index (χ4n) is 2.05. The van der Waals surface area contributed by atoms with Gasteiger partial charge in [0.2, 0.25) is 5.91 Å². The lowest BCUT2D eigenvalue weighted by Crippen LogP contribution is -2.70. The number of primary amides is 1. The van der Waals surface area contributed by atoms with Crippen molar-refractivity contribution in [1.29, 1.82) is 0 Å². The molecule has 0 aliphatic carbocycles. The van der Waals surface area contributed by atoms with Crippen LogP contribution in [0, 0.1) is 5.21 Å². The first-order valence-corrected chi connectivity index (χ1v) is 9.52. The predicted molar refractivity (Wildman–Crippen MR) is 105 cm³/mol. The summed E-state index contributed by atoms with van der Waals surface area (Å²) in [5, 5.41) is 11.2. The van der Waals surface area contributed by atoms with Gasteiger partial charge in [-0.1, -0.05) is 0 Å². The zero-order valence-electron chi connectivity index (χ0n) is 16.3. The fourth-order valence-corrected chi connectivity index (χ4v) is 2.58. The minimum absolute atomic E-state index is 0.174. The van der Waals surface area contributed by atoms with Gasteiger partial charge in [0.1, 0.15) is 12.2 Å². The number of amides is 1. The van der Waals surface area contributed by atoms with Gasteiger partial charge in [-0.15, -0.1) is 0 Å². The van der Waals surface area contributed by atoms with Crippen LogP contribution >= 0.6 is 15.9 Å². The predicted octanol–water partition coefficient (Wildman–Crippen LogP) is 1.38. The number of nitrogens with two attached hydrogens (primary N) is 2. The van der Waals surface area contributed by atoms with Gasteiger partial charge in [0.25, 0.3) is 0 Å². The standard InChI is InChI=1S/C18H27BrN2O7/c1-18(2,3)28-15(22)4-5-25-6-7-26-8-9-27-14-11-12(17(20)23)10-13(19)16(14)21-24/h10-11H,4-9,21H2,1-3H3,(H2,20,23). The number of hydrogen-bond donors (Lipinski definition) is 2. The van der Waals surface area contributed by atoms with Crippen LogP contribution < -0.4 is 16.0 Å². The van der Waals surface area contributed by atoms with E-state index in [4.69, 9.17) is 24.7 Å². The highest BCUT2D eigenvalue weighted by molar-refractivity contribution is 9.10. The van der Waals surface area contributed by atoms with Crippen molar-refractivity contribution in [3.8, 4) is 5.75 Å². The quantitative estimate of drug-likeness (QED) is 0.207. The number of rotatable bonds is 12. The smallest absolute Gasteiger partial charge is 0.308 e. The Morgan fingerprint density at radius 3 is 2.29 bits per heavy atom. The highest BCUT2D eigenvalue weighted by Crippen LogP contribution is 2.30. The Balaban J connectivity index is 2.23. The lowest BCUT2D eigenvalue weighted by molar-refractivity contribution is -0.498. The van der Waals surface area contributed by atoms with Gasteiger partial charge >= 0.3 is 5.97 Å². The Morgan fingerprint density at radius 2 is 1.71 bits per heavy atom. The Bertz CT molecular complexity index is 662. The van der Waals surface area contributed by atoms with Crippen molar-refractivity contribution in [3.63, 3.8) is 0 Å². The van der Waals surface area contributed by atoms with E-state index in [9.17, 15) is 14.8 Å². The summed E-state index contributed by atoms with van der Waals surface area (Å²) < 4.78 is 21.8. The zero-order valence-corrected chi connectivity index (χ0v) is 17.9. The van der Waals surface area contributed by atoms with Crippen molar-refractivity contribution >= 4 is 33.5 Å². The van der Waals surface area contributed by atoms with E-state index in [0.717, 1.165) is 0 Å². The normalized spacial score (nSPS) is 11.3. The number of quaternary nitrogens is 1. The topological polar surface area (TPSA) is 137 Å².